The first-order valence-corrected chi connectivity index (χ1v) is 6.21. The van der Waals surface area contributed by atoms with E-state index in [1.165, 1.54) is 18.2 Å². The van der Waals surface area contributed by atoms with Crippen molar-refractivity contribution in [1.29, 1.82) is 0 Å². The maximum atomic E-state index is 11.3. The number of carboxylic acids is 1. The molecule has 18 heavy (non-hydrogen) atoms. The van der Waals surface area contributed by atoms with E-state index in [4.69, 9.17) is 4.74 Å². The zero-order valence-corrected chi connectivity index (χ0v) is 10.8. The van der Waals surface area contributed by atoms with Crippen LogP contribution in [0.5, 0.6) is 0 Å². The van der Waals surface area contributed by atoms with Gasteiger partial charge in [0, 0.05) is 19.3 Å². The van der Waals surface area contributed by atoms with E-state index in [1.54, 1.807) is 0 Å². The van der Waals surface area contributed by atoms with Crippen LogP contribution in [0.3, 0.4) is 0 Å². The summed E-state index contributed by atoms with van der Waals surface area (Å²) in [7, 11) is 1.54. The van der Waals surface area contributed by atoms with Crippen LogP contribution in [0, 0.1) is 6.92 Å². The summed E-state index contributed by atoms with van der Waals surface area (Å²) in [5.74, 6) is -0.828. The van der Waals surface area contributed by atoms with E-state index >= 15 is 0 Å². The number of aliphatic carboxylic acids is 1. The fourth-order valence-corrected chi connectivity index (χ4v) is 2.53. The summed E-state index contributed by atoms with van der Waals surface area (Å²) >= 11 is 0. The molecule has 1 heterocycles. The Kier molecular flexibility index (Phi) is 3.87. The average Bonchev–Trinajstić information content (AvgIpc) is 2.34. The molecule has 0 bridgehead atoms. The molecule has 0 spiro atoms. The van der Waals surface area contributed by atoms with Crippen molar-refractivity contribution < 1.29 is 14.6 Å². The van der Waals surface area contributed by atoms with E-state index in [9.17, 15) is 9.90 Å². The largest absolute Gasteiger partial charge is 0.480 e. The number of fused-ring (bicyclic) bond motifs is 1. The molecule has 2 rings (SSSR count). The molecule has 1 unspecified atom stereocenters. The first-order chi connectivity index (χ1) is 8.63. The number of hydrogen-bond donors (Lipinski definition) is 1. The number of hydrogen-bond acceptors (Lipinski definition) is 3. The lowest BCUT2D eigenvalue weighted by molar-refractivity contribution is -0.139. The third-order valence-electron chi connectivity index (χ3n) is 3.38. The molecular weight excluding hydrogens is 230 g/mol. The van der Waals surface area contributed by atoms with Gasteiger partial charge in [-0.3, -0.25) is 0 Å². The summed E-state index contributed by atoms with van der Waals surface area (Å²) in [5, 5.41) is 9.32. The van der Waals surface area contributed by atoms with Gasteiger partial charge < -0.3 is 14.7 Å². The Labute approximate surface area is 107 Å². The zero-order valence-electron chi connectivity index (χ0n) is 10.8. The van der Waals surface area contributed by atoms with Crippen molar-refractivity contribution in [2.75, 3.05) is 25.2 Å². The number of carboxylic acid groups (broad SMARTS) is 1. The fraction of sp³-hybridized carbons (Fsp3) is 0.500. The summed E-state index contributed by atoms with van der Waals surface area (Å²) in [4.78, 5) is 13.3. The fourth-order valence-electron chi connectivity index (χ4n) is 2.53. The van der Waals surface area contributed by atoms with Gasteiger partial charge >= 0.3 is 5.97 Å². The molecule has 0 radical (unpaired) electrons. The van der Waals surface area contributed by atoms with Crippen LogP contribution < -0.4 is 4.90 Å². The predicted octanol–water partition coefficient (Wildman–Crippen LogP) is 1.85. The summed E-state index contributed by atoms with van der Waals surface area (Å²) in [6, 6.07) is 5.60. The Hall–Kier alpha value is -1.55. The lowest BCUT2D eigenvalue weighted by Crippen LogP contribution is -2.46. The number of benzene rings is 1. The molecule has 98 valence electrons. The number of aryl methyl sites for hydroxylation is 2. The van der Waals surface area contributed by atoms with E-state index < -0.39 is 12.0 Å². The molecule has 4 nitrogen and oxygen atoms in total. The smallest absolute Gasteiger partial charge is 0.328 e. The third-order valence-corrected chi connectivity index (χ3v) is 3.38. The van der Waals surface area contributed by atoms with E-state index in [1.807, 2.05) is 17.0 Å². The minimum atomic E-state index is -0.828. The van der Waals surface area contributed by atoms with Crippen LogP contribution in [-0.4, -0.2) is 37.4 Å². The molecule has 0 saturated carbocycles. The summed E-state index contributed by atoms with van der Waals surface area (Å²) < 4.78 is 5.03. The topological polar surface area (TPSA) is 49.8 Å². The summed E-state index contributed by atoms with van der Waals surface area (Å²) in [5.41, 5.74) is 3.49. The second kappa shape index (κ2) is 5.40. The van der Waals surface area contributed by atoms with E-state index in [0.717, 1.165) is 25.1 Å². The van der Waals surface area contributed by atoms with Gasteiger partial charge in [-0.15, -0.1) is 0 Å². The summed E-state index contributed by atoms with van der Waals surface area (Å²) in [6.07, 6.45) is 2.01. The van der Waals surface area contributed by atoms with Gasteiger partial charge in [0.1, 0.15) is 0 Å². The standard InChI is InChI=1S/C14H19NO3/c1-10-5-6-12-11(8-10)4-3-7-15(12)13(9-18-2)14(16)17/h5-6,8,13H,3-4,7,9H2,1-2H3,(H,16,17). The molecule has 1 N–H and O–H groups in total. The van der Waals surface area contributed by atoms with Gasteiger partial charge in [0.2, 0.25) is 0 Å². The highest BCUT2D eigenvalue weighted by atomic mass is 16.5. The molecule has 0 aromatic heterocycles. The molecule has 1 aromatic carbocycles. The minimum absolute atomic E-state index is 0.211. The highest BCUT2D eigenvalue weighted by Crippen LogP contribution is 2.29. The lowest BCUT2D eigenvalue weighted by Gasteiger charge is -2.35. The van der Waals surface area contributed by atoms with Gasteiger partial charge in [-0.2, -0.15) is 0 Å². The van der Waals surface area contributed by atoms with Crippen LogP contribution in [0.25, 0.3) is 0 Å². The van der Waals surface area contributed by atoms with Gasteiger partial charge in [-0.1, -0.05) is 17.7 Å². The maximum absolute atomic E-state index is 11.3. The monoisotopic (exact) mass is 249 g/mol. The van der Waals surface area contributed by atoms with Crippen molar-refractivity contribution in [3.63, 3.8) is 0 Å². The Morgan fingerprint density at radius 1 is 1.56 bits per heavy atom. The lowest BCUT2D eigenvalue weighted by atomic mass is 9.98. The van der Waals surface area contributed by atoms with Crippen molar-refractivity contribution in [1.82, 2.24) is 0 Å². The molecule has 4 heteroatoms. The molecule has 0 saturated heterocycles. The molecule has 0 aliphatic carbocycles. The van der Waals surface area contributed by atoms with E-state index in [0.29, 0.717) is 0 Å². The molecule has 0 fully saturated rings. The second-order valence-electron chi connectivity index (χ2n) is 4.74. The second-order valence-corrected chi connectivity index (χ2v) is 4.74. The third kappa shape index (κ3) is 2.48. The number of anilines is 1. The molecule has 1 aliphatic rings. The first kappa shape index (κ1) is 12.9. The van der Waals surface area contributed by atoms with Gasteiger partial charge in [-0.05, 0) is 31.4 Å². The quantitative estimate of drug-likeness (QED) is 0.884. The van der Waals surface area contributed by atoms with Crippen LogP contribution in [0.4, 0.5) is 5.69 Å². The van der Waals surface area contributed by atoms with Crippen LogP contribution in [0.15, 0.2) is 18.2 Å². The van der Waals surface area contributed by atoms with Gasteiger partial charge in [0.25, 0.3) is 0 Å². The van der Waals surface area contributed by atoms with Crippen molar-refractivity contribution in [2.45, 2.75) is 25.8 Å². The van der Waals surface area contributed by atoms with Crippen molar-refractivity contribution in [3.8, 4) is 0 Å². The highest BCUT2D eigenvalue weighted by Gasteiger charge is 2.29. The van der Waals surface area contributed by atoms with Gasteiger partial charge in [0.05, 0.1) is 6.61 Å². The average molecular weight is 249 g/mol. The van der Waals surface area contributed by atoms with E-state index in [-0.39, 0.29) is 6.61 Å². The molecular formula is C14H19NO3. The van der Waals surface area contributed by atoms with Crippen LogP contribution in [-0.2, 0) is 16.0 Å². The zero-order chi connectivity index (χ0) is 13.1. The minimum Gasteiger partial charge on any atom is -0.480 e. The predicted molar refractivity (Wildman–Crippen MR) is 70.1 cm³/mol. The van der Waals surface area contributed by atoms with Crippen LogP contribution in [0.1, 0.15) is 17.5 Å². The Morgan fingerprint density at radius 3 is 3.00 bits per heavy atom. The number of methoxy groups -OCH3 is 1. The number of ether oxygens (including phenoxy) is 1. The molecule has 1 atom stereocenters. The SMILES string of the molecule is COCC(C(=O)O)N1CCCc2cc(C)ccc21. The van der Waals surface area contributed by atoms with Gasteiger partial charge in [-0.25, -0.2) is 4.79 Å². The number of rotatable bonds is 4. The first-order valence-electron chi connectivity index (χ1n) is 6.21. The Morgan fingerprint density at radius 2 is 2.33 bits per heavy atom. The Bertz CT molecular complexity index is 445. The van der Waals surface area contributed by atoms with Crippen molar-refractivity contribution in [2.24, 2.45) is 0 Å². The Balaban J connectivity index is 2.33. The van der Waals surface area contributed by atoms with Gasteiger partial charge in [0.15, 0.2) is 6.04 Å². The van der Waals surface area contributed by atoms with Crippen molar-refractivity contribution in [3.05, 3.63) is 29.3 Å². The number of nitrogens with zero attached hydrogens (tertiary/aromatic N) is 1. The summed E-state index contributed by atoms with van der Waals surface area (Å²) in [6.45, 7) is 3.04. The molecule has 1 aromatic rings. The molecule has 1 aliphatic heterocycles. The van der Waals surface area contributed by atoms with E-state index in [2.05, 4.69) is 13.0 Å². The normalized spacial score (nSPS) is 16.2. The maximum Gasteiger partial charge on any atom is 0.328 e. The van der Waals surface area contributed by atoms with Crippen LogP contribution in [0.2, 0.25) is 0 Å². The van der Waals surface area contributed by atoms with Crippen molar-refractivity contribution >= 4 is 11.7 Å². The molecule has 0 amide bonds. The van der Waals surface area contributed by atoms with Crippen LogP contribution >= 0.6 is 0 Å². The number of carbonyl (C=O) groups is 1. The highest BCUT2D eigenvalue weighted by molar-refractivity contribution is 5.79.